The third kappa shape index (κ3) is 10.6. The van der Waals surface area contributed by atoms with Crippen molar-refractivity contribution in [1.82, 2.24) is 5.32 Å². The minimum Gasteiger partial charge on any atom is -0.449 e. The molecule has 0 radical (unpaired) electrons. The maximum absolute atomic E-state index is 11.7. The van der Waals surface area contributed by atoms with Gasteiger partial charge in [0.2, 0.25) is 0 Å². The van der Waals surface area contributed by atoms with Gasteiger partial charge in [0.1, 0.15) is 27.5 Å². The Labute approximate surface area is 124 Å². The van der Waals surface area contributed by atoms with Gasteiger partial charge >= 0.3 is 12.1 Å². The molecule has 8 nitrogen and oxygen atoms in total. The number of nitriles is 1. The Hall–Kier alpha value is -1.82. The van der Waals surface area contributed by atoms with Gasteiger partial charge < -0.3 is 14.8 Å². The van der Waals surface area contributed by atoms with Crippen molar-refractivity contribution >= 4 is 21.9 Å². The molecule has 0 aromatic heterocycles. The Bertz CT molecular complexity index is 515. The summed E-state index contributed by atoms with van der Waals surface area (Å²) in [7, 11) is -3.31. The molecule has 0 aromatic rings. The van der Waals surface area contributed by atoms with Crippen molar-refractivity contribution in [3.8, 4) is 6.07 Å². The number of carbonyl (C=O) groups is 2. The van der Waals surface area contributed by atoms with Gasteiger partial charge in [-0.05, 0) is 27.2 Å². The van der Waals surface area contributed by atoms with E-state index in [-0.39, 0.29) is 12.2 Å². The number of esters is 1. The fourth-order valence-electron chi connectivity index (χ4n) is 1.23. The number of carbonyl (C=O) groups excluding carboxylic acids is 2. The zero-order chi connectivity index (χ0) is 16.7. The maximum atomic E-state index is 11.7. The van der Waals surface area contributed by atoms with Crippen LogP contribution in [0.5, 0.6) is 0 Å². The van der Waals surface area contributed by atoms with Crippen molar-refractivity contribution in [3.05, 3.63) is 0 Å². The van der Waals surface area contributed by atoms with E-state index in [1.54, 1.807) is 26.8 Å². The molecule has 0 rings (SSSR count). The molecule has 1 N–H and O–H groups in total. The number of ether oxygens (including phenoxy) is 2. The molecule has 0 heterocycles. The molecule has 0 aliphatic carbocycles. The highest BCUT2D eigenvalue weighted by Crippen LogP contribution is 2.08. The monoisotopic (exact) mass is 320 g/mol. The van der Waals surface area contributed by atoms with Crippen molar-refractivity contribution in [1.29, 1.82) is 5.26 Å². The Morgan fingerprint density at radius 3 is 2.33 bits per heavy atom. The number of rotatable bonds is 6. The average Bonchev–Trinajstić information content (AvgIpc) is 2.27. The van der Waals surface area contributed by atoms with Crippen LogP contribution >= 0.6 is 0 Å². The molecule has 1 atom stereocenters. The minimum atomic E-state index is -3.31. The second kappa shape index (κ2) is 7.83. The highest BCUT2D eigenvalue weighted by molar-refractivity contribution is 7.90. The van der Waals surface area contributed by atoms with E-state index in [1.165, 1.54) is 0 Å². The number of nitrogens with zero attached hydrogens (tertiary/aromatic N) is 1. The predicted molar refractivity (Wildman–Crippen MR) is 74.1 cm³/mol. The number of hydrogen-bond acceptors (Lipinski definition) is 7. The SMILES string of the molecule is CC(C)(C)OC(=O)NC(CCS(C)(=O)=O)C(=O)OCC#N. The first-order chi connectivity index (χ1) is 9.44. The molecule has 21 heavy (non-hydrogen) atoms. The van der Waals surface area contributed by atoms with Crippen LogP contribution in [0.15, 0.2) is 0 Å². The van der Waals surface area contributed by atoms with Crippen molar-refractivity contribution in [3.63, 3.8) is 0 Å². The van der Waals surface area contributed by atoms with Crippen molar-refractivity contribution in [2.24, 2.45) is 0 Å². The van der Waals surface area contributed by atoms with Crippen molar-refractivity contribution < 1.29 is 27.5 Å². The zero-order valence-electron chi connectivity index (χ0n) is 12.5. The lowest BCUT2D eigenvalue weighted by Crippen LogP contribution is -2.45. The van der Waals surface area contributed by atoms with Gasteiger partial charge in [0.25, 0.3) is 0 Å². The summed E-state index contributed by atoms with van der Waals surface area (Å²) in [5.41, 5.74) is -0.762. The van der Waals surface area contributed by atoms with Gasteiger partial charge in [-0.25, -0.2) is 18.0 Å². The van der Waals surface area contributed by atoms with Crippen LogP contribution in [0.3, 0.4) is 0 Å². The van der Waals surface area contributed by atoms with Crippen LogP contribution in [-0.4, -0.2) is 50.7 Å². The van der Waals surface area contributed by atoms with Crippen LogP contribution in [0.4, 0.5) is 4.79 Å². The van der Waals surface area contributed by atoms with Crippen molar-refractivity contribution in [2.45, 2.75) is 38.8 Å². The fourth-order valence-corrected chi connectivity index (χ4v) is 1.90. The van der Waals surface area contributed by atoms with Crippen LogP contribution in [0.1, 0.15) is 27.2 Å². The first kappa shape index (κ1) is 19.2. The standard InChI is InChI=1S/C12H20N2O6S/c1-12(2,3)20-11(16)14-9(5-8-21(4,17)18)10(15)19-7-6-13/h9H,5,7-8H2,1-4H3,(H,14,16). The van der Waals surface area contributed by atoms with Gasteiger partial charge in [-0.2, -0.15) is 5.26 Å². The molecule has 0 fully saturated rings. The van der Waals surface area contributed by atoms with Crippen molar-refractivity contribution in [2.75, 3.05) is 18.6 Å². The van der Waals surface area contributed by atoms with Gasteiger partial charge in [-0.15, -0.1) is 0 Å². The topological polar surface area (TPSA) is 123 Å². The third-order valence-electron chi connectivity index (χ3n) is 2.03. The third-order valence-corrected chi connectivity index (χ3v) is 3.01. The molecule has 1 amide bonds. The summed E-state index contributed by atoms with van der Waals surface area (Å²) in [5.74, 6) is -1.19. The molecule has 1 unspecified atom stereocenters. The summed E-state index contributed by atoms with van der Waals surface area (Å²) in [6.07, 6.45) is -0.0181. The van der Waals surface area contributed by atoms with Crippen LogP contribution in [-0.2, 0) is 24.1 Å². The van der Waals surface area contributed by atoms with E-state index in [0.717, 1.165) is 6.26 Å². The summed E-state index contributed by atoms with van der Waals surface area (Å²) < 4.78 is 31.8. The summed E-state index contributed by atoms with van der Waals surface area (Å²) >= 11 is 0. The number of nitrogens with one attached hydrogen (secondary N) is 1. The number of hydrogen-bond donors (Lipinski definition) is 1. The predicted octanol–water partition coefficient (Wildman–Crippen LogP) is 0.381. The zero-order valence-corrected chi connectivity index (χ0v) is 13.3. The lowest BCUT2D eigenvalue weighted by molar-refractivity contribution is -0.144. The van der Waals surface area contributed by atoms with E-state index in [2.05, 4.69) is 10.1 Å². The summed E-state index contributed by atoms with van der Waals surface area (Å²) in [4.78, 5) is 23.3. The highest BCUT2D eigenvalue weighted by atomic mass is 32.2. The van der Waals surface area contributed by atoms with E-state index in [0.29, 0.717) is 0 Å². The summed E-state index contributed by atoms with van der Waals surface area (Å²) in [5, 5.41) is 10.6. The largest absolute Gasteiger partial charge is 0.449 e. The first-order valence-corrected chi connectivity index (χ1v) is 8.21. The number of alkyl carbamates (subject to hydrolysis) is 1. The smallest absolute Gasteiger partial charge is 0.408 e. The molecule has 0 saturated carbocycles. The second-order valence-electron chi connectivity index (χ2n) is 5.38. The summed E-state index contributed by atoms with van der Waals surface area (Å²) in [6, 6.07) is 0.420. The van der Waals surface area contributed by atoms with Gasteiger partial charge in [0, 0.05) is 6.26 Å². The van der Waals surface area contributed by atoms with Crippen LogP contribution in [0, 0.1) is 11.3 Å². The highest BCUT2D eigenvalue weighted by Gasteiger charge is 2.26. The van der Waals surface area contributed by atoms with Gasteiger partial charge in [0.05, 0.1) is 5.75 Å². The Morgan fingerprint density at radius 2 is 1.90 bits per heavy atom. The quantitative estimate of drug-likeness (QED) is 0.702. The number of amides is 1. The molecule has 0 spiro atoms. The Morgan fingerprint density at radius 1 is 1.33 bits per heavy atom. The molecular weight excluding hydrogens is 300 g/mol. The Kier molecular flexibility index (Phi) is 7.15. The normalized spacial score (nSPS) is 12.9. The number of sulfone groups is 1. The van der Waals surface area contributed by atoms with E-state index in [1.807, 2.05) is 0 Å². The van der Waals surface area contributed by atoms with Gasteiger partial charge in [-0.3, -0.25) is 0 Å². The van der Waals surface area contributed by atoms with Gasteiger partial charge in [0.15, 0.2) is 6.61 Å². The van der Waals surface area contributed by atoms with Crippen LogP contribution in [0.2, 0.25) is 0 Å². The molecule has 0 aromatic carbocycles. The van der Waals surface area contributed by atoms with E-state index >= 15 is 0 Å². The molecule has 0 aliphatic heterocycles. The first-order valence-electron chi connectivity index (χ1n) is 6.15. The van der Waals surface area contributed by atoms with Crippen LogP contribution < -0.4 is 5.32 Å². The summed E-state index contributed by atoms with van der Waals surface area (Å²) in [6.45, 7) is 4.45. The lowest BCUT2D eigenvalue weighted by Gasteiger charge is -2.22. The Balaban J connectivity index is 4.76. The minimum absolute atomic E-state index is 0.164. The lowest BCUT2D eigenvalue weighted by atomic mass is 10.2. The van der Waals surface area contributed by atoms with E-state index in [4.69, 9.17) is 10.00 Å². The molecule has 9 heteroatoms. The maximum Gasteiger partial charge on any atom is 0.408 e. The fraction of sp³-hybridized carbons (Fsp3) is 0.750. The molecule has 0 bridgehead atoms. The van der Waals surface area contributed by atoms with E-state index < -0.39 is 40.1 Å². The van der Waals surface area contributed by atoms with Crippen LogP contribution in [0.25, 0.3) is 0 Å². The molecular formula is C12H20N2O6S. The average molecular weight is 320 g/mol. The molecule has 120 valence electrons. The second-order valence-corrected chi connectivity index (χ2v) is 7.64. The molecule has 0 aliphatic rings. The van der Waals surface area contributed by atoms with Gasteiger partial charge in [-0.1, -0.05) is 0 Å². The molecule has 0 saturated heterocycles. The van der Waals surface area contributed by atoms with E-state index in [9.17, 15) is 18.0 Å².